The van der Waals surface area contributed by atoms with Crippen molar-refractivity contribution in [3.63, 3.8) is 0 Å². The Morgan fingerprint density at radius 1 is 1.27 bits per heavy atom. The summed E-state index contributed by atoms with van der Waals surface area (Å²) < 4.78 is 0. The number of aliphatic hydroxyl groups is 1. The van der Waals surface area contributed by atoms with Crippen LogP contribution >= 0.6 is 0 Å². The van der Waals surface area contributed by atoms with Gasteiger partial charge in [0, 0.05) is 17.3 Å². The molecule has 2 heteroatoms. The van der Waals surface area contributed by atoms with Crippen molar-refractivity contribution in [2.45, 2.75) is 39.8 Å². The Morgan fingerprint density at radius 2 is 1.93 bits per heavy atom. The van der Waals surface area contributed by atoms with Crippen LogP contribution in [0, 0.1) is 5.92 Å². The number of hydrogen-bond acceptors (Lipinski definition) is 2. The van der Waals surface area contributed by atoms with Crippen LogP contribution in [0.25, 0.3) is 0 Å². The summed E-state index contributed by atoms with van der Waals surface area (Å²) >= 11 is 0. The first kappa shape index (κ1) is 12.1. The topological polar surface area (TPSA) is 32.3 Å². The van der Waals surface area contributed by atoms with E-state index in [9.17, 15) is 5.11 Å². The quantitative estimate of drug-likeness (QED) is 0.778. The molecule has 0 saturated carbocycles. The monoisotopic (exact) mass is 207 g/mol. The van der Waals surface area contributed by atoms with E-state index in [0.717, 1.165) is 17.7 Å². The van der Waals surface area contributed by atoms with Gasteiger partial charge >= 0.3 is 0 Å². The number of benzene rings is 1. The van der Waals surface area contributed by atoms with Crippen LogP contribution in [0.15, 0.2) is 24.3 Å². The lowest BCUT2D eigenvalue weighted by molar-refractivity contribution is 0.282. The zero-order chi connectivity index (χ0) is 11.3. The average molecular weight is 207 g/mol. The molecule has 84 valence electrons. The normalized spacial score (nSPS) is 12.9. The van der Waals surface area contributed by atoms with Gasteiger partial charge in [-0.25, -0.2) is 0 Å². The van der Waals surface area contributed by atoms with Crippen molar-refractivity contribution in [3.05, 3.63) is 29.8 Å². The van der Waals surface area contributed by atoms with Crippen LogP contribution in [-0.4, -0.2) is 11.1 Å². The van der Waals surface area contributed by atoms with Crippen molar-refractivity contribution in [3.8, 4) is 0 Å². The Balaban J connectivity index is 2.78. The SMILES string of the molecule is CC[C@@H](Nc1ccccc1CO)C(C)C. The lowest BCUT2D eigenvalue weighted by Gasteiger charge is -2.23. The van der Waals surface area contributed by atoms with Crippen LogP contribution in [0.1, 0.15) is 32.8 Å². The number of hydrogen-bond donors (Lipinski definition) is 2. The molecule has 0 unspecified atom stereocenters. The standard InChI is InChI=1S/C13H21NO/c1-4-12(10(2)3)14-13-8-6-5-7-11(13)9-15/h5-8,10,12,14-15H,4,9H2,1-3H3/t12-/m1/s1. The minimum atomic E-state index is 0.0949. The van der Waals surface area contributed by atoms with Crippen molar-refractivity contribution < 1.29 is 5.11 Å². The van der Waals surface area contributed by atoms with E-state index in [-0.39, 0.29) is 6.61 Å². The predicted octanol–water partition coefficient (Wildman–Crippen LogP) is 3.03. The van der Waals surface area contributed by atoms with E-state index in [1.807, 2.05) is 24.3 Å². The Kier molecular flexibility index (Phi) is 4.63. The fourth-order valence-corrected chi connectivity index (χ4v) is 1.74. The van der Waals surface area contributed by atoms with Crippen LogP contribution in [0.2, 0.25) is 0 Å². The molecule has 0 heterocycles. The fraction of sp³-hybridized carbons (Fsp3) is 0.538. The molecule has 0 amide bonds. The first-order valence-electron chi connectivity index (χ1n) is 5.64. The summed E-state index contributed by atoms with van der Waals surface area (Å²) in [6.07, 6.45) is 1.09. The summed E-state index contributed by atoms with van der Waals surface area (Å²) in [5.74, 6) is 0.599. The molecule has 1 aromatic rings. The van der Waals surface area contributed by atoms with Crippen LogP contribution in [-0.2, 0) is 6.61 Å². The van der Waals surface area contributed by atoms with Crippen LogP contribution in [0.5, 0.6) is 0 Å². The third kappa shape index (κ3) is 3.24. The molecule has 2 nitrogen and oxygen atoms in total. The third-order valence-corrected chi connectivity index (χ3v) is 2.77. The molecule has 0 bridgehead atoms. The molecule has 2 N–H and O–H groups in total. The van der Waals surface area contributed by atoms with Crippen molar-refractivity contribution in [2.24, 2.45) is 5.92 Å². The van der Waals surface area contributed by atoms with Crippen molar-refractivity contribution in [1.82, 2.24) is 0 Å². The van der Waals surface area contributed by atoms with Crippen molar-refractivity contribution in [1.29, 1.82) is 0 Å². The summed E-state index contributed by atoms with van der Waals surface area (Å²) in [7, 11) is 0. The Bertz CT molecular complexity index is 296. The van der Waals surface area contributed by atoms with Crippen molar-refractivity contribution in [2.75, 3.05) is 5.32 Å². The highest BCUT2D eigenvalue weighted by Gasteiger charge is 2.11. The van der Waals surface area contributed by atoms with Gasteiger partial charge in [-0.3, -0.25) is 0 Å². The molecule has 0 aliphatic heterocycles. The van der Waals surface area contributed by atoms with E-state index in [2.05, 4.69) is 26.1 Å². The zero-order valence-corrected chi connectivity index (χ0v) is 9.83. The van der Waals surface area contributed by atoms with E-state index >= 15 is 0 Å². The van der Waals surface area contributed by atoms with Gasteiger partial charge in [0.1, 0.15) is 0 Å². The highest BCUT2D eigenvalue weighted by molar-refractivity contribution is 5.51. The molecule has 1 aromatic carbocycles. The largest absolute Gasteiger partial charge is 0.392 e. The minimum absolute atomic E-state index is 0.0949. The summed E-state index contributed by atoms with van der Waals surface area (Å²) in [5.41, 5.74) is 2.03. The van der Waals surface area contributed by atoms with Gasteiger partial charge in [0.05, 0.1) is 6.61 Å². The molecular weight excluding hydrogens is 186 g/mol. The molecule has 0 aliphatic carbocycles. The van der Waals surface area contributed by atoms with Gasteiger partial charge in [-0.2, -0.15) is 0 Å². The fourth-order valence-electron chi connectivity index (χ4n) is 1.74. The number of aliphatic hydroxyl groups excluding tert-OH is 1. The second-order valence-corrected chi connectivity index (χ2v) is 4.22. The van der Waals surface area contributed by atoms with Crippen LogP contribution in [0.4, 0.5) is 5.69 Å². The van der Waals surface area contributed by atoms with Gasteiger partial charge in [0.2, 0.25) is 0 Å². The maximum Gasteiger partial charge on any atom is 0.0701 e. The van der Waals surface area contributed by atoms with E-state index in [0.29, 0.717) is 12.0 Å². The third-order valence-electron chi connectivity index (χ3n) is 2.77. The van der Waals surface area contributed by atoms with Crippen LogP contribution < -0.4 is 5.32 Å². The van der Waals surface area contributed by atoms with Gasteiger partial charge in [-0.05, 0) is 18.4 Å². The van der Waals surface area contributed by atoms with Gasteiger partial charge in [-0.1, -0.05) is 39.0 Å². The van der Waals surface area contributed by atoms with Crippen LogP contribution in [0.3, 0.4) is 0 Å². The summed E-state index contributed by atoms with van der Waals surface area (Å²) in [4.78, 5) is 0. The van der Waals surface area contributed by atoms with E-state index in [1.54, 1.807) is 0 Å². The average Bonchev–Trinajstić information content (AvgIpc) is 2.25. The highest BCUT2D eigenvalue weighted by Crippen LogP contribution is 2.19. The molecular formula is C13H21NO. The first-order chi connectivity index (χ1) is 7.19. The molecule has 1 rings (SSSR count). The molecule has 0 fully saturated rings. The van der Waals surface area contributed by atoms with Gasteiger partial charge < -0.3 is 10.4 Å². The molecule has 0 aromatic heterocycles. The Morgan fingerprint density at radius 3 is 2.47 bits per heavy atom. The lowest BCUT2D eigenvalue weighted by atomic mass is 10.0. The molecule has 0 radical (unpaired) electrons. The summed E-state index contributed by atoms with van der Waals surface area (Å²) in [6.45, 7) is 6.70. The molecule has 0 spiro atoms. The summed E-state index contributed by atoms with van der Waals surface area (Å²) in [6, 6.07) is 8.39. The van der Waals surface area contributed by atoms with Gasteiger partial charge in [0.25, 0.3) is 0 Å². The number of nitrogens with one attached hydrogen (secondary N) is 1. The number of anilines is 1. The smallest absolute Gasteiger partial charge is 0.0701 e. The number of para-hydroxylation sites is 1. The van der Waals surface area contributed by atoms with Gasteiger partial charge in [-0.15, -0.1) is 0 Å². The minimum Gasteiger partial charge on any atom is -0.392 e. The second kappa shape index (κ2) is 5.76. The Hall–Kier alpha value is -1.02. The van der Waals surface area contributed by atoms with E-state index < -0.39 is 0 Å². The Labute approximate surface area is 92.3 Å². The zero-order valence-electron chi connectivity index (χ0n) is 9.83. The maximum atomic E-state index is 9.20. The molecule has 1 atom stereocenters. The van der Waals surface area contributed by atoms with E-state index in [1.165, 1.54) is 0 Å². The lowest BCUT2D eigenvalue weighted by Crippen LogP contribution is -2.25. The van der Waals surface area contributed by atoms with Gasteiger partial charge in [0.15, 0.2) is 0 Å². The highest BCUT2D eigenvalue weighted by atomic mass is 16.3. The second-order valence-electron chi connectivity index (χ2n) is 4.22. The maximum absolute atomic E-state index is 9.20. The molecule has 0 saturated heterocycles. The summed E-state index contributed by atoms with van der Waals surface area (Å²) in [5, 5.41) is 12.7. The first-order valence-corrected chi connectivity index (χ1v) is 5.64. The molecule has 0 aliphatic rings. The number of rotatable bonds is 5. The van der Waals surface area contributed by atoms with Crippen molar-refractivity contribution >= 4 is 5.69 Å². The predicted molar refractivity (Wildman–Crippen MR) is 64.9 cm³/mol. The molecule has 15 heavy (non-hydrogen) atoms. The van der Waals surface area contributed by atoms with E-state index in [4.69, 9.17) is 0 Å².